The van der Waals surface area contributed by atoms with Crippen LogP contribution in [-0.4, -0.2) is 37.8 Å². The average Bonchev–Trinajstić information content (AvgIpc) is 2.64. The molecule has 0 aromatic heterocycles. The van der Waals surface area contributed by atoms with Crippen molar-refractivity contribution < 1.29 is 18.0 Å². The quantitative estimate of drug-likeness (QED) is 0.672. The summed E-state index contributed by atoms with van der Waals surface area (Å²) in [6.07, 6.45) is 0. The molecule has 0 unspecified atom stereocenters. The van der Waals surface area contributed by atoms with E-state index in [1.165, 1.54) is 22.5 Å². The fourth-order valence-electron chi connectivity index (χ4n) is 2.49. The number of hydrogen-bond acceptors (Lipinski definition) is 4. The van der Waals surface area contributed by atoms with Gasteiger partial charge in [-0.3, -0.25) is 4.79 Å². The first-order valence-corrected chi connectivity index (χ1v) is 9.80. The van der Waals surface area contributed by atoms with Crippen molar-refractivity contribution in [2.45, 2.75) is 18.7 Å². The van der Waals surface area contributed by atoms with Gasteiger partial charge in [0.05, 0.1) is 4.90 Å². The Morgan fingerprint density at radius 1 is 0.963 bits per heavy atom. The van der Waals surface area contributed by atoms with Crippen molar-refractivity contribution in [3.05, 3.63) is 54.1 Å². The molecule has 4 N–H and O–H groups in total. The molecular formula is C18H22N4O4S. The number of urea groups is 1. The molecule has 0 bridgehead atoms. The summed E-state index contributed by atoms with van der Waals surface area (Å²) in [5, 5.41) is 5.10. The van der Waals surface area contributed by atoms with Crippen molar-refractivity contribution in [1.29, 1.82) is 0 Å². The van der Waals surface area contributed by atoms with Crippen LogP contribution < -0.4 is 16.4 Å². The molecule has 0 fully saturated rings. The number of amides is 3. The molecule has 144 valence electrons. The molecule has 0 spiro atoms. The standard InChI is InChI=1S/C18H22N4O4S/c1-3-22(4-2)27(25,26)16-7-5-6-13(12-16)17(23)20-14-8-10-15(11-9-14)21-18(19)24/h5-12H,3-4H2,1-2H3,(H,20,23)(H3,19,21,24). The molecule has 0 heterocycles. The van der Waals surface area contributed by atoms with Gasteiger partial charge in [-0.25, -0.2) is 13.2 Å². The molecule has 0 saturated heterocycles. The van der Waals surface area contributed by atoms with Crippen molar-refractivity contribution in [3.63, 3.8) is 0 Å². The Kier molecular flexibility index (Phi) is 6.54. The Bertz CT molecular complexity index is 923. The lowest BCUT2D eigenvalue weighted by molar-refractivity contribution is 0.102. The molecule has 0 aliphatic carbocycles. The number of nitrogens with two attached hydrogens (primary N) is 1. The van der Waals surface area contributed by atoms with E-state index in [4.69, 9.17) is 5.73 Å². The van der Waals surface area contributed by atoms with E-state index < -0.39 is 22.0 Å². The second kappa shape index (κ2) is 8.65. The number of carbonyl (C=O) groups excluding carboxylic acids is 2. The fraction of sp³-hybridized carbons (Fsp3) is 0.222. The lowest BCUT2D eigenvalue weighted by atomic mass is 10.2. The van der Waals surface area contributed by atoms with Crippen molar-refractivity contribution in [3.8, 4) is 0 Å². The summed E-state index contributed by atoms with van der Waals surface area (Å²) >= 11 is 0. The molecule has 2 aromatic carbocycles. The molecule has 0 aliphatic rings. The average molecular weight is 390 g/mol. The molecule has 0 radical (unpaired) electrons. The van der Waals surface area contributed by atoms with Gasteiger partial charge in [0.1, 0.15) is 0 Å². The minimum Gasteiger partial charge on any atom is -0.351 e. The molecule has 0 atom stereocenters. The van der Waals surface area contributed by atoms with Crippen LogP contribution in [0, 0.1) is 0 Å². The molecule has 9 heteroatoms. The number of nitrogens with one attached hydrogen (secondary N) is 2. The zero-order chi connectivity index (χ0) is 20.0. The summed E-state index contributed by atoms with van der Waals surface area (Å²) in [7, 11) is -3.65. The van der Waals surface area contributed by atoms with Crippen LogP contribution in [-0.2, 0) is 10.0 Å². The van der Waals surface area contributed by atoms with Gasteiger partial charge in [0.2, 0.25) is 10.0 Å². The Balaban J connectivity index is 2.19. The van der Waals surface area contributed by atoms with E-state index in [1.807, 2.05) is 0 Å². The zero-order valence-electron chi connectivity index (χ0n) is 15.1. The van der Waals surface area contributed by atoms with E-state index in [1.54, 1.807) is 44.2 Å². The number of sulfonamides is 1. The van der Waals surface area contributed by atoms with Crippen LogP contribution >= 0.6 is 0 Å². The Morgan fingerprint density at radius 3 is 2.04 bits per heavy atom. The van der Waals surface area contributed by atoms with Crippen molar-refractivity contribution in [2.75, 3.05) is 23.7 Å². The smallest absolute Gasteiger partial charge is 0.316 e. The van der Waals surface area contributed by atoms with Gasteiger partial charge in [0.25, 0.3) is 5.91 Å². The number of anilines is 2. The van der Waals surface area contributed by atoms with Crippen LogP contribution in [0.2, 0.25) is 0 Å². The maximum Gasteiger partial charge on any atom is 0.316 e. The second-order valence-electron chi connectivity index (χ2n) is 5.64. The van der Waals surface area contributed by atoms with Crippen molar-refractivity contribution in [1.82, 2.24) is 4.31 Å². The summed E-state index contributed by atoms with van der Waals surface area (Å²) < 4.78 is 26.5. The van der Waals surface area contributed by atoms with E-state index in [9.17, 15) is 18.0 Å². The normalized spacial score (nSPS) is 11.2. The van der Waals surface area contributed by atoms with Crippen molar-refractivity contribution in [2.24, 2.45) is 5.73 Å². The van der Waals surface area contributed by atoms with E-state index in [-0.39, 0.29) is 10.5 Å². The minimum absolute atomic E-state index is 0.0693. The Morgan fingerprint density at radius 2 is 1.52 bits per heavy atom. The number of rotatable bonds is 7. The lowest BCUT2D eigenvalue weighted by Gasteiger charge is -2.18. The first kappa shape index (κ1) is 20.4. The summed E-state index contributed by atoms with van der Waals surface area (Å²) in [5.41, 5.74) is 6.25. The molecule has 2 aromatic rings. The van der Waals surface area contributed by atoms with Crippen LogP contribution in [0.3, 0.4) is 0 Å². The maximum absolute atomic E-state index is 12.6. The number of primary amides is 1. The SMILES string of the molecule is CCN(CC)S(=O)(=O)c1cccc(C(=O)Nc2ccc(NC(N)=O)cc2)c1. The topological polar surface area (TPSA) is 122 Å². The van der Waals surface area contributed by atoms with E-state index in [0.29, 0.717) is 24.5 Å². The van der Waals surface area contributed by atoms with Gasteiger partial charge in [-0.05, 0) is 42.5 Å². The highest BCUT2D eigenvalue weighted by atomic mass is 32.2. The van der Waals surface area contributed by atoms with Crippen LogP contribution in [0.1, 0.15) is 24.2 Å². The van der Waals surface area contributed by atoms with Crippen LogP contribution in [0.15, 0.2) is 53.4 Å². The molecule has 27 heavy (non-hydrogen) atoms. The molecule has 2 rings (SSSR count). The molecule has 8 nitrogen and oxygen atoms in total. The second-order valence-corrected chi connectivity index (χ2v) is 7.58. The fourth-order valence-corrected chi connectivity index (χ4v) is 4.00. The van der Waals surface area contributed by atoms with Crippen molar-refractivity contribution >= 4 is 33.3 Å². The number of nitrogens with zero attached hydrogens (tertiary/aromatic N) is 1. The number of hydrogen-bond donors (Lipinski definition) is 3. The highest BCUT2D eigenvalue weighted by Crippen LogP contribution is 2.19. The van der Waals surface area contributed by atoms with Crippen LogP contribution in [0.25, 0.3) is 0 Å². The summed E-state index contributed by atoms with van der Waals surface area (Å²) in [6, 6.07) is 11.6. The molecular weight excluding hydrogens is 368 g/mol. The number of carbonyl (C=O) groups is 2. The van der Waals surface area contributed by atoms with Gasteiger partial charge >= 0.3 is 6.03 Å². The van der Waals surface area contributed by atoms with E-state index in [0.717, 1.165) is 0 Å². The van der Waals surface area contributed by atoms with Gasteiger partial charge in [-0.1, -0.05) is 19.9 Å². The summed E-state index contributed by atoms with van der Waals surface area (Å²) in [6.45, 7) is 4.21. The highest BCUT2D eigenvalue weighted by Gasteiger charge is 2.22. The largest absolute Gasteiger partial charge is 0.351 e. The molecule has 0 aliphatic heterocycles. The van der Waals surface area contributed by atoms with Gasteiger partial charge < -0.3 is 16.4 Å². The Labute approximate surface area is 158 Å². The molecule has 3 amide bonds. The van der Waals surface area contributed by atoms with E-state index in [2.05, 4.69) is 10.6 Å². The Hall–Kier alpha value is -2.91. The number of benzene rings is 2. The van der Waals surface area contributed by atoms with Gasteiger partial charge in [-0.15, -0.1) is 0 Å². The third kappa shape index (κ3) is 5.05. The zero-order valence-corrected chi connectivity index (χ0v) is 15.9. The van der Waals surface area contributed by atoms with E-state index >= 15 is 0 Å². The molecule has 0 saturated carbocycles. The first-order chi connectivity index (χ1) is 12.8. The van der Waals surface area contributed by atoms with Gasteiger partial charge in [-0.2, -0.15) is 4.31 Å². The third-order valence-corrected chi connectivity index (χ3v) is 5.90. The predicted octanol–water partition coefficient (Wildman–Crippen LogP) is 2.46. The van der Waals surface area contributed by atoms with Crippen LogP contribution in [0.5, 0.6) is 0 Å². The predicted molar refractivity (Wildman–Crippen MR) is 104 cm³/mol. The summed E-state index contributed by atoms with van der Waals surface area (Å²) in [4.78, 5) is 23.3. The third-order valence-electron chi connectivity index (χ3n) is 3.85. The van der Waals surface area contributed by atoms with Gasteiger partial charge in [0, 0.05) is 30.0 Å². The monoisotopic (exact) mass is 390 g/mol. The summed E-state index contributed by atoms with van der Waals surface area (Å²) in [5.74, 6) is -0.442. The first-order valence-electron chi connectivity index (χ1n) is 8.36. The maximum atomic E-state index is 12.6. The minimum atomic E-state index is -3.65. The van der Waals surface area contributed by atoms with Crippen LogP contribution in [0.4, 0.5) is 16.2 Å². The van der Waals surface area contributed by atoms with Gasteiger partial charge in [0.15, 0.2) is 0 Å². The lowest BCUT2D eigenvalue weighted by Crippen LogP contribution is -2.30. The highest BCUT2D eigenvalue weighted by molar-refractivity contribution is 7.89.